The van der Waals surface area contributed by atoms with Crippen molar-refractivity contribution in [3.8, 4) is 0 Å². The van der Waals surface area contributed by atoms with E-state index in [-0.39, 0.29) is 51.8 Å². The summed E-state index contributed by atoms with van der Waals surface area (Å²) in [7, 11) is -3.99. The first kappa shape index (κ1) is 37.8. The van der Waals surface area contributed by atoms with Gasteiger partial charge in [-0.15, -0.1) is 0 Å². The molecule has 7 heteroatoms. The molecule has 4 rings (SSSR count). The highest BCUT2D eigenvalue weighted by molar-refractivity contribution is 6.74. The summed E-state index contributed by atoms with van der Waals surface area (Å²) in [5, 5.41) is 0.310. The van der Waals surface area contributed by atoms with E-state index in [9.17, 15) is 4.79 Å². The van der Waals surface area contributed by atoms with Crippen molar-refractivity contribution in [1.29, 1.82) is 0 Å². The molecule has 0 aromatic carbocycles. The number of hydrogen-bond donors (Lipinski definition) is 0. The van der Waals surface area contributed by atoms with Gasteiger partial charge in [0.1, 0.15) is 12.2 Å². The number of hydrogen-bond acceptors (Lipinski definition) is 5. The number of fused-ring (bicyclic) bond motifs is 5. The third-order valence-electron chi connectivity index (χ3n) is 13.1. The minimum Gasteiger partial charge on any atom is -0.458 e. The van der Waals surface area contributed by atoms with Crippen LogP contribution in [0.15, 0.2) is 34.9 Å². The molecule has 2 saturated carbocycles. The van der Waals surface area contributed by atoms with Gasteiger partial charge in [0.25, 0.3) is 0 Å². The van der Waals surface area contributed by atoms with Gasteiger partial charge >= 0.3 is 5.97 Å². The van der Waals surface area contributed by atoms with Crippen LogP contribution in [0.4, 0.5) is 0 Å². The third-order valence-corrected chi connectivity index (χ3v) is 22.1. The Kier molecular flexibility index (Phi) is 10.2. The van der Waals surface area contributed by atoms with Crippen molar-refractivity contribution < 1.29 is 23.1 Å². The van der Waals surface area contributed by atoms with Gasteiger partial charge < -0.3 is 18.3 Å². The second-order valence-electron chi connectivity index (χ2n) is 19.4. The number of rotatable bonds is 8. The van der Waals surface area contributed by atoms with E-state index in [1.807, 2.05) is 20.8 Å². The van der Waals surface area contributed by atoms with Crippen molar-refractivity contribution in [1.82, 2.24) is 0 Å². The van der Waals surface area contributed by atoms with Crippen LogP contribution in [-0.4, -0.2) is 53.1 Å². The molecule has 0 heterocycles. The molecule has 0 bridgehead atoms. The van der Waals surface area contributed by atoms with Crippen LogP contribution >= 0.6 is 0 Å². The zero-order valence-electron chi connectivity index (χ0n) is 32.4. The lowest BCUT2D eigenvalue weighted by molar-refractivity contribution is -0.161. The molecule has 0 amide bonds. The van der Waals surface area contributed by atoms with Crippen molar-refractivity contribution in [2.75, 3.05) is 6.61 Å². The smallest absolute Gasteiger partial charge is 0.332 e. The number of ether oxygens (including phenoxy) is 2. The van der Waals surface area contributed by atoms with Crippen LogP contribution in [-0.2, 0) is 23.1 Å². The van der Waals surface area contributed by atoms with Gasteiger partial charge in [-0.2, -0.15) is 0 Å². The lowest BCUT2D eigenvalue weighted by Gasteiger charge is -2.59. The first-order valence-corrected chi connectivity index (χ1v) is 23.9. The molecule has 4 aliphatic carbocycles. The zero-order valence-corrected chi connectivity index (χ0v) is 34.4. The Balaban J connectivity index is 1.63. The summed E-state index contributed by atoms with van der Waals surface area (Å²) < 4.78 is 26.3. The monoisotopic (exact) mass is 672 g/mol. The SMILES string of the molecule is CC(OCC(=O)OC(C)(C)C)C1=CC[C@H]2C3=CC=C4C[C@@H](O[Si](C)(C)C(C)(C)C)C[C@H](O[Si](C)(C)C(C)(C)C)[C@]4(C)[C@H]3CC[C@]12C. The molecule has 262 valence electrons. The first-order chi connectivity index (χ1) is 20.7. The maximum atomic E-state index is 12.4. The Morgan fingerprint density at radius 2 is 1.50 bits per heavy atom. The molecule has 46 heavy (non-hydrogen) atoms. The average molecular weight is 673 g/mol. The zero-order chi connectivity index (χ0) is 34.9. The van der Waals surface area contributed by atoms with Crippen LogP contribution in [0.1, 0.15) is 115 Å². The van der Waals surface area contributed by atoms with E-state index in [1.54, 1.807) is 5.57 Å². The molecular formula is C39H68O5Si2. The summed E-state index contributed by atoms with van der Waals surface area (Å²) in [6.45, 7) is 36.5. The summed E-state index contributed by atoms with van der Waals surface area (Å²) in [6, 6.07) is 0. The van der Waals surface area contributed by atoms with Gasteiger partial charge in [-0.1, -0.05) is 84.8 Å². The highest BCUT2D eigenvalue weighted by atomic mass is 28.4. The maximum Gasteiger partial charge on any atom is 0.332 e. The topological polar surface area (TPSA) is 54.0 Å². The van der Waals surface area contributed by atoms with E-state index >= 15 is 0 Å². The Bertz CT molecular complexity index is 1260. The van der Waals surface area contributed by atoms with Crippen LogP contribution in [0.25, 0.3) is 0 Å². The van der Waals surface area contributed by atoms with Gasteiger partial charge in [0.2, 0.25) is 0 Å². The van der Waals surface area contributed by atoms with Gasteiger partial charge in [0, 0.05) is 5.41 Å². The maximum absolute atomic E-state index is 12.4. The lowest BCUT2D eigenvalue weighted by Crippen LogP contribution is -2.58. The van der Waals surface area contributed by atoms with E-state index in [0.717, 1.165) is 32.1 Å². The Hall–Kier alpha value is -0.996. The summed E-state index contributed by atoms with van der Waals surface area (Å²) in [4.78, 5) is 12.4. The van der Waals surface area contributed by atoms with E-state index < -0.39 is 22.2 Å². The molecule has 0 saturated heterocycles. The van der Waals surface area contributed by atoms with Crippen molar-refractivity contribution >= 4 is 22.6 Å². The molecule has 5 nitrogen and oxygen atoms in total. The molecule has 0 N–H and O–H groups in total. The van der Waals surface area contributed by atoms with Gasteiger partial charge in [0.15, 0.2) is 16.6 Å². The Morgan fingerprint density at radius 1 is 0.913 bits per heavy atom. The van der Waals surface area contributed by atoms with Gasteiger partial charge in [0.05, 0.1) is 18.3 Å². The molecule has 1 unspecified atom stereocenters. The number of allylic oxidation sites excluding steroid dienone is 4. The van der Waals surface area contributed by atoms with Crippen LogP contribution in [0, 0.1) is 22.7 Å². The minimum absolute atomic E-state index is 0.0173. The van der Waals surface area contributed by atoms with Crippen LogP contribution in [0.5, 0.6) is 0 Å². The normalized spacial score (nSPS) is 32.8. The second kappa shape index (κ2) is 12.4. The first-order valence-electron chi connectivity index (χ1n) is 18.0. The van der Waals surface area contributed by atoms with Crippen LogP contribution in [0.2, 0.25) is 36.3 Å². The number of carbonyl (C=O) groups is 1. The van der Waals surface area contributed by atoms with E-state index in [0.29, 0.717) is 11.8 Å². The second-order valence-corrected chi connectivity index (χ2v) is 29.0. The van der Waals surface area contributed by atoms with Crippen molar-refractivity contribution in [3.63, 3.8) is 0 Å². The van der Waals surface area contributed by atoms with Crippen LogP contribution < -0.4 is 0 Å². The van der Waals surface area contributed by atoms with Gasteiger partial charge in [-0.3, -0.25) is 0 Å². The van der Waals surface area contributed by atoms with E-state index in [1.165, 1.54) is 11.1 Å². The predicted octanol–water partition coefficient (Wildman–Crippen LogP) is 10.5. The molecule has 7 atom stereocenters. The molecule has 4 aliphatic rings. The number of esters is 1. The van der Waals surface area contributed by atoms with Gasteiger partial charge in [-0.05, 0) is 119 Å². The molecule has 0 aliphatic heterocycles. The molecule has 0 spiro atoms. The minimum atomic E-state index is -2.05. The fraction of sp³-hybridized carbons (Fsp3) is 0.821. The highest BCUT2D eigenvalue weighted by Gasteiger charge is 2.59. The molecule has 0 aromatic rings. The molecule has 0 radical (unpaired) electrons. The number of carbonyl (C=O) groups excluding carboxylic acids is 1. The quantitative estimate of drug-likeness (QED) is 0.146. The molecular weight excluding hydrogens is 605 g/mol. The summed E-state index contributed by atoms with van der Waals surface area (Å²) in [5.41, 5.74) is 3.94. The van der Waals surface area contributed by atoms with Crippen molar-refractivity contribution in [2.45, 2.75) is 175 Å². The van der Waals surface area contributed by atoms with E-state index in [4.69, 9.17) is 18.3 Å². The summed E-state index contributed by atoms with van der Waals surface area (Å²) in [6.07, 6.45) is 12.8. The Labute approximate surface area is 284 Å². The van der Waals surface area contributed by atoms with Crippen molar-refractivity contribution in [2.24, 2.45) is 22.7 Å². The Morgan fingerprint density at radius 3 is 2.07 bits per heavy atom. The standard InChI is InChI=1S/C39H68O5Si2/c1-26(41-25-34(40)42-35(2,3)4)30-19-20-31-29-18-17-27-23-28(43-45(13,14)36(5,6)7)24-33(44-46(15,16)37(8,9)10)39(27,12)32(29)21-22-38(30,31)11/h17-19,26,28,31-33H,20-25H2,1-16H3/t26?,28-,31+,32+,33+,38-,39+/m1/s1. The molecule has 0 aromatic heterocycles. The van der Waals surface area contributed by atoms with E-state index in [2.05, 4.69) is 107 Å². The van der Waals surface area contributed by atoms with Gasteiger partial charge in [-0.25, -0.2) is 4.79 Å². The highest BCUT2D eigenvalue weighted by Crippen LogP contribution is 2.65. The fourth-order valence-corrected chi connectivity index (χ4v) is 11.1. The molecule has 2 fully saturated rings. The van der Waals surface area contributed by atoms with Crippen molar-refractivity contribution in [3.05, 3.63) is 34.9 Å². The fourth-order valence-electron chi connectivity index (χ4n) is 8.30. The lowest BCUT2D eigenvalue weighted by atomic mass is 9.49. The summed E-state index contributed by atoms with van der Waals surface area (Å²) >= 11 is 0. The summed E-state index contributed by atoms with van der Waals surface area (Å²) in [5.74, 6) is 0.600. The van der Waals surface area contributed by atoms with Crippen LogP contribution in [0.3, 0.4) is 0 Å². The third kappa shape index (κ3) is 7.15. The predicted molar refractivity (Wildman–Crippen MR) is 196 cm³/mol. The average Bonchev–Trinajstić information content (AvgIpc) is 3.22. The largest absolute Gasteiger partial charge is 0.458 e.